The lowest BCUT2D eigenvalue weighted by molar-refractivity contribution is -0.135. The Labute approximate surface area is 152 Å². The molecule has 1 amide bonds. The van der Waals surface area contributed by atoms with Crippen molar-refractivity contribution in [2.45, 2.75) is 45.8 Å². The molecule has 0 radical (unpaired) electrons. The third-order valence-corrected chi connectivity index (χ3v) is 4.59. The third-order valence-electron chi connectivity index (χ3n) is 4.59. The van der Waals surface area contributed by atoms with Crippen LogP contribution in [-0.2, 0) is 22.6 Å². The van der Waals surface area contributed by atoms with Gasteiger partial charge in [-0.25, -0.2) is 4.98 Å². The van der Waals surface area contributed by atoms with Gasteiger partial charge in [-0.3, -0.25) is 14.6 Å². The van der Waals surface area contributed by atoms with E-state index in [1.54, 1.807) is 24.9 Å². The quantitative estimate of drug-likeness (QED) is 0.878. The van der Waals surface area contributed by atoms with Gasteiger partial charge in [-0.2, -0.15) is 0 Å². The van der Waals surface area contributed by atoms with Gasteiger partial charge in [-0.15, -0.1) is 0 Å². The van der Waals surface area contributed by atoms with Crippen LogP contribution in [0.15, 0.2) is 29.2 Å². The fraction of sp³-hybridized carbons (Fsp3) is 0.474. The molecule has 3 heterocycles. The SMILES string of the molecule is Cc1nc(C)c(CC(=O)N2CCC[C@@H](OCc3ccccn3)C2)c(=O)[nH]1. The average Bonchev–Trinajstić information content (AvgIpc) is 2.64. The van der Waals surface area contributed by atoms with Crippen LogP contribution in [0.1, 0.15) is 35.6 Å². The zero-order valence-electron chi connectivity index (χ0n) is 15.2. The number of ether oxygens (including phenoxy) is 1. The lowest BCUT2D eigenvalue weighted by Gasteiger charge is -2.32. The number of piperidine rings is 1. The monoisotopic (exact) mass is 356 g/mol. The van der Waals surface area contributed by atoms with E-state index in [0.29, 0.717) is 36.8 Å². The summed E-state index contributed by atoms with van der Waals surface area (Å²) in [4.78, 5) is 37.7. The van der Waals surface area contributed by atoms with Crippen LogP contribution in [0.2, 0.25) is 0 Å². The fourth-order valence-corrected chi connectivity index (χ4v) is 3.21. The molecule has 0 aliphatic carbocycles. The van der Waals surface area contributed by atoms with Crippen molar-refractivity contribution in [3.8, 4) is 0 Å². The minimum atomic E-state index is -0.233. The molecule has 7 heteroatoms. The minimum Gasteiger partial charge on any atom is -0.370 e. The average molecular weight is 356 g/mol. The molecule has 1 saturated heterocycles. The molecule has 2 aromatic rings. The third kappa shape index (κ3) is 4.54. The van der Waals surface area contributed by atoms with E-state index >= 15 is 0 Å². The highest BCUT2D eigenvalue weighted by molar-refractivity contribution is 5.79. The fourth-order valence-electron chi connectivity index (χ4n) is 3.21. The van der Waals surface area contributed by atoms with Crippen molar-refractivity contribution in [2.75, 3.05) is 13.1 Å². The number of hydrogen-bond donors (Lipinski definition) is 1. The van der Waals surface area contributed by atoms with Gasteiger partial charge in [0.15, 0.2) is 0 Å². The van der Waals surface area contributed by atoms with E-state index in [1.165, 1.54) is 0 Å². The molecule has 0 spiro atoms. The number of carbonyl (C=O) groups excluding carboxylic acids is 1. The van der Waals surface area contributed by atoms with Gasteiger partial charge in [-0.1, -0.05) is 6.07 Å². The van der Waals surface area contributed by atoms with Gasteiger partial charge in [0.05, 0.1) is 24.8 Å². The van der Waals surface area contributed by atoms with E-state index in [2.05, 4.69) is 15.0 Å². The largest absolute Gasteiger partial charge is 0.370 e. The summed E-state index contributed by atoms with van der Waals surface area (Å²) in [6, 6.07) is 5.72. The normalized spacial score (nSPS) is 17.3. The van der Waals surface area contributed by atoms with Gasteiger partial charge < -0.3 is 14.6 Å². The number of H-pyrrole nitrogens is 1. The number of aryl methyl sites for hydroxylation is 2. The predicted octanol–water partition coefficient (Wildman–Crippen LogP) is 1.53. The Balaban J connectivity index is 1.59. The number of hydrogen-bond acceptors (Lipinski definition) is 5. The van der Waals surface area contributed by atoms with E-state index in [4.69, 9.17) is 4.74 Å². The van der Waals surface area contributed by atoms with Crippen molar-refractivity contribution in [3.63, 3.8) is 0 Å². The molecule has 26 heavy (non-hydrogen) atoms. The van der Waals surface area contributed by atoms with Crippen LogP contribution in [0, 0.1) is 13.8 Å². The number of carbonyl (C=O) groups is 1. The summed E-state index contributed by atoms with van der Waals surface area (Å²) < 4.78 is 5.93. The second kappa shape index (κ2) is 8.23. The maximum Gasteiger partial charge on any atom is 0.254 e. The Bertz CT molecular complexity index is 819. The van der Waals surface area contributed by atoms with E-state index < -0.39 is 0 Å². The molecule has 0 aromatic carbocycles. The first-order chi connectivity index (χ1) is 12.5. The molecule has 7 nitrogen and oxygen atoms in total. The van der Waals surface area contributed by atoms with Crippen LogP contribution in [-0.4, -0.2) is 45.0 Å². The zero-order chi connectivity index (χ0) is 18.5. The lowest BCUT2D eigenvalue weighted by atomic mass is 10.1. The van der Waals surface area contributed by atoms with Crippen LogP contribution < -0.4 is 5.56 Å². The molecule has 1 aliphatic heterocycles. The summed E-state index contributed by atoms with van der Waals surface area (Å²) in [5.41, 5.74) is 1.70. The molecule has 1 atom stereocenters. The zero-order valence-corrected chi connectivity index (χ0v) is 15.2. The van der Waals surface area contributed by atoms with Gasteiger partial charge >= 0.3 is 0 Å². The van der Waals surface area contributed by atoms with Crippen molar-refractivity contribution < 1.29 is 9.53 Å². The highest BCUT2D eigenvalue weighted by Crippen LogP contribution is 2.16. The van der Waals surface area contributed by atoms with Crippen LogP contribution in [0.5, 0.6) is 0 Å². The standard InChI is InChI=1S/C19H24N4O3/c1-13-17(19(25)22-14(2)21-13)10-18(24)23-9-5-7-16(11-23)26-12-15-6-3-4-8-20-15/h3-4,6,8,16H,5,7,9-12H2,1-2H3,(H,21,22,25)/t16-/m1/s1. The van der Waals surface area contributed by atoms with Crippen LogP contribution in [0.4, 0.5) is 0 Å². The second-order valence-corrected chi connectivity index (χ2v) is 6.63. The Morgan fingerprint density at radius 2 is 2.23 bits per heavy atom. The van der Waals surface area contributed by atoms with Crippen molar-refractivity contribution in [2.24, 2.45) is 0 Å². The maximum atomic E-state index is 12.7. The van der Waals surface area contributed by atoms with Crippen molar-refractivity contribution in [1.82, 2.24) is 19.9 Å². The molecule has 0 bridgehead atoms. The summed E-state index contributed by atoms with van der Waals surface area (Å²) in [7, 11) is 0. The van der Waals surface area contributed by atoms with Crippen LogP contribution >= 0.6 is 0 Å². The van der Waals surface area contributed by atoms with Crippen molar-refractivity contribution in [1.29, 1.82) is 0 Å². The number of pyridine rings is 1. The molecular weight excluding hydrogens is 332 g/mol. The summed E-state index contributed by atoms with van der Waals surface area (Å²) >= 11 is 0. The highest BCUT2D eigenvalue weighted by atomic mass is 16.5. The molecular formula is C19H24N4O3. The smallest absolute Gasteiger partial charge is 0.254 e. The molecule has 3 rings (SSSR count). The lowest BCUT2D eigenvalue weighted by Crippen LogP contribution is -2.44. The van der Waals surface area contributed by atoms with Crippen LogP contribution in [0.25, 0.3) is 0 Å². The Kier molecular flexibility index (Phi) is 5.78. The molecule has 1 fully saturated rings. The highest BCUT2D eigenvalue weighted by Gasteiger charge is 2.25. The van der Waals surface area contributed by atoms with Crippen molar-refractivity contribution in [3.05, 3.63) is 57.5 Å². The van der Waals surface area contributed by atoms with Gasteiger partial charge in [-0.05, 0) is 38.8 Å². The molecule has 1 aliphatic rings. The van der Waals surface area contributed by atoms with E-state index in [-0.39, 0.29) is 24.0 Å². The Morgan fingerprint density at radius 3 is 2.96 bits per heavy atom. The number of nitrogens with zero attached hydrogens (tertiary/aromatic N) is 3. The second-order valence-electron chi connectivity index (χ2n) is 6.63. The van der Waals surface area contributed by atoms with E-state index in [1.807, 2.05) is 18.2 Å². The molecule has 2 aromatic heterocycles. The summed E-state index contributed by atoms with van der Waals surface area (Å²) in [5, 5.41) is 0. The van der Waals surface area contributed by atoms with Gasteiger partial charge in [0.2, 0.25) is 5.91 Å². The summed E-state index contributed by atoms with van der Waals surface area (Å²) in [5.74, 6) is 0.500. The first kappa shape index (κ1) is 18.3. The maximum absolute atomic E-state index is 12.7. The topological polar surface area (TPSA) is 88.2 Å². The molecule has 138 valence electrons. The Hall–Kier alpha value is -2.54. The van der Waals surface area contributed by atoms with Gasteiger partial charge in [0, 0.05) is 30.5 Å². The molecule has 0 saturated carbocycles. The van der Waals surface area contributed by atoms with E-state index in [9.17, 15) is 9.59 Å². The Morgan fingerprint density at radius 1 is 1.38 bits per heavy atom. The minimum absolute atomic E-state index is 0.00905. The number of nitrogens with one attached hydrogen (secondary N) is 1. The number of likely N-dealkylation sites (tertiary alicyclic amines) is 1. The predicted molar refractivity (Wildman–Crippen MR) is 96.7 cm³/mol. The van der Waals surface area contributed by atoms with E-state index in [0.717, 1.165) is 18.5 Å². The first-order valence-electron chi connectivity index (χ1n) is 8.88. The summed E-state index contributed by atoms with van der Waals surface area (Å²) in [6.45, 7) is 5.17. The number of rotatable bonds is 5. The van der Waals surface area contributed by atoms with Gasteiger partial charge in [0.25, 0.3) is 5.56 Å². The first-order valence-corrected chi connectivity index (χ1v) is 8.88. The van der Waals surface area contributed by atoms with Crippen molar-refractivity contribution >= 4 is 5.91 Å². The summed E-state index contributed by atoms with van der Waals surface area (Å²) in [6.07, 6.45) is 3.61. The molecule has 1 N–H and O–H groups in total. The number of amides is 1. The number of aromatic amines is 1. The van der Waals surface area contributed by atoms with Crippen LogP contribution in [0.3, 0.4) is 0 Å². The number of aromatic nitrogens is 3. The molecule has 0 unspecified atom stereocenters. The van der Waals surface area contributed by atoms with Gasteiger partial charge in [0.1, 0.15) is 5.82 Å².